The average Bonchev–Trinajstić information content (AvgIpc) is 3.01. The van der Waals surface area contributed by atoms with Crippen molar-refractivity contribution in [1.82, 2.24) is 20.9 Å². The molecule has 14 nitrogen and oxygen atoms in total. The number of primary amides is 1. The number of nitrogens with two attached hydrogens (primary N) is 1. The van der Waals surface area contributed by atoms with E-state index in [2.05, 4.69) is 46.8 Å². The summed E-state index contributed by atoms with van der Waals surface area (Å²) in [6.07, 6.45) is 2.72. The molecule has 0 spiro atoms. The molecule has 4 atom stereocenters. The molecule has 14 heteroatoms. The van der Waals surface area contributed by atoms with Gasteiger partial charge in [-0.25, -0.2) is 9.59 Å². The lowest BCUT2D eigenvalue weighted by atomic mass is 9.82. The van der Waals surface area contributed by atoms with Crippen molar-refractivity contribution in [3.05, 3.63) is 29.8 Å². The van der Waals surface area contributed by atoms with Gasteiger partial charge in [-0.15, -0.1) is 0 Å². The van der Waals surface area contributed by atoms with Crippen LogP contribution in [0.5, 0.6) is 0 Å². The summed E-state index contributed by atoms with van der Waals surface area (Å²) >= 11 is 0. The first-order valence-electron chi connectivity index (χ1n) is 16.3. The molecule has 264 valence electrons. The fourth-order valence-corrected chi connectivity index (χ4v) is 4.98. The van der Waals surface area contributed by atoms with Crippen LogP contribution in [-0.2, 0) is 30.5 Å². The van der Waals surface area contributed by atoms with Crippen molar-refractivity contribution in [1.29, 1.82) is 0 Å². The van der Waals surface area contributed by atoms with E-state index in [0.29, 0.717) is 49.0 Å². The molecule has 0 radical (unpaired) electrons. The van der Waals surface area contributed by atoms with Crippen molar-refractivity contribution in [2.75, 3.05) is 25.0 Å². The van der Waals surface area contributed by atoms with Crippen molar-refractivity contribution in [2.24, 2.45) is 23.5 Å². The van der Waals surface area contributed by atoms with E-state index in [4.69, 9.17) is 10.8 Å². The van der Waals surface area contributed by atoms with Crippen LogP contribution in [0.4, 0.5) is 15.3 Å². The summed E-state index contributed by atoms with van der Waals surface area (Å²) in [7, 11) is 0. The number of hydrogen-bond donors (Lipinski definition) is 6. The van der Waals surface area contributed by atoms with E-state index >= 15 is 0 Å². The molecule has 1 aliphatic rings. The molecule has 0 saturated carbocycles. The highest BCUT2D eigenvalue weighted by Gasteiger charge is 2.34. The Labute approximate surface area is 277 Å². The summed E-state index contributed by atoms with van der Waals surface area (Å²) in [5.74, 6) is -0.223. The molecule has 1 heterocycles. The number of hydrogen-bond acceptors (Lipinski definition) is 7. The molecule has 0 aliphatic carbocycles. The van der Waals surface area contributed by atoms with Gasteiger partial charge in [0, 0.05) is 37.7 Å². The van der Waals surface area contributed by atoms with Crippen LogP contribution in [0, 0.1) is 17.8 Å². The SMILES string of the molecule is CC(C)C(NC(=O)CCCCCN1C(=O)CC(C)C(C)C1C)C(=O)NCC(=O)Nc1ccc(COC(=O)O)cc1.CCCNC(N)=O. The third-order valence-corrected chi connectivity index (χ3v) is 8.11. The lowest BCUT2D eigenvalue weighted by Gasteiger charge is -2.41. The van der Waals surface area contributed by atoms with Crippen LogP contribution in [0.25, 0.3) is 0 Å². The highest BCUT2D eigenvalue weighted by atomic mass is 16.7. The van der Waals surface area contributed by atoms with Gasteiger partial charge in [-0.05, 0) is 61.6 Å². The third kappa shape index (κ3) is 16.2. The molecule has 1 aromatic rings. The van der Waals surface area contributed by atoms with Crippen LogP contribution in [0.2, 0.25) is 0 Å². The van der Waals surface area contributed by atoms with Crippen LogP contribution < -0.4 is 27.0 Å². The Balaban J connectivity index is 0.00000141. The van der Waals surface area contributed by atoms with Crippen molar-refractivity contribution in [2.45, 2.75) is 98.8 Å². The number of anilines is 1. The topological polar surface area (TPSA) is 209 Å². The third-order valence-electron chi connectivity index (χ3n) is 8.11. The Morgan fingerprint density at radius 3 is 2.21 bits per heavy atom. The van der Waals surface area contributed by atoms with E-state index in [9.17, 15) is 28.8 Å². The fraction of sp³-hybridized carbons (Fsp3) is 0.636. The summed E-state index contributed by atoms with van der Waals surface area (Å²) in [6.45, 7) is 13.0. The van der Waals surface area contributed by atoms with E-state index in [1.165, 1.54) is 0 Å². The van der Waals surface area contributed by atoms with Gasteiger partial charge in [0.05, 0.1) is 6.54 Å². The second kappa shape index (κ2) is 21.4. The second-order valence-electron chi connectivity index (χ2n) is 12.3. The Morgan fingerprint density at radius 2 is 1.66 bits per heavy atom. The average molecular weight is 663 g/mol. The number of nitrogens with one attached hydrogen (secondary N) is 4. The lowest BCUT2D eigenvalue weighted by Crippen LogP contribution is -2.51. The summed E-state index contributed by atoms with van der Waals surface area (Å²) in [6, 6.07) is 5.45. The normalized spacial score (nSPS) is 17.9. The van der Waals surface area contributed by atoms with Crippen molar-refractivity contribution < 1.29 is 38.6 Å². The summed E-state index contributed by atoms with van der Waals surface area (Å²) in [4.78, 5) is 72.2. The number of benzene rings is 1. The highest BCUT2D eigenvalue weighted by molar-refractivity contribution is 5.96. The monoisotopic (exact) mass is 662 g/mol. The quantitative estimate of drug-likeness (QED) is 0.114. The number of amides is 6. The fourth-order valence-electron chi connectivity index (χ4n) is 4.98. The zero-order valence-electron chi connectivity index (χ0n) is 28.6. The van der Waals surface area contributed by atoms with Gasteiger partial charge < -0.3 is 41.7 Å². The van der Waals surface area contributed by atoms with E-state index < -0.39 is 30.0 Å². The Morgan fingerprint density at radius 1 is 1.00 bits per heavy atom. The van der Waals surface area contributed by atoms with Crippen LogP contribution in [0.3, 0.4) is 0 Å². The van der Waals surface area contributed by atoms with Crippen LogP contribution in [0.1, 0.15) is 85.6 Å². The lowest BCUT2D eigenvalue weighted by molar-refractivity contribution is -0.140. The number of carbonyl (C=O) groups is 6. The maximum absolute atomic E-state index is 12.7. The molecule has 2 rings (SSSR count). The number of nitrogens with zero attached hydrogens (tertiary/aromatic N) is 1. The predicted octanol–water partition coefficient (Wildman–Crippen LogP) is 3.59. The number of unbranched alkanes of at least 4 members (excludes halogenated alkanes) is 2. The molecular weight excluding hydrogens is 608 g/mol. The number of urea groups is 1. The summed E-state index contributed by atoms with van der Waals surface area (Å²) in [5, 5.41) is 19.0. The summed E-state index contributed by atoms with van der Waals surface area (Å²) in [5.41, 5.74) is 5.84. The van der Waals surface area contributed by atoms with Gasteiger partial charge in [-0.1, -0.05) is 53.2 Å². The maximum atomic E-state index is 12.7. The number of ether oxygens (including phenoxy) is 1. The van der Waals surface area contributed by atoms with Crippen molar-refractivity contribution in [3.63, 3.8) is 0 Å². The number of carbonyl (C=O) groups excluding carboxylic acids is 5. The van der Waals surface area contributed by atoms with Gasteiger partial charge in [-0.3, -0.25) is 19.2 Å². The van der Waals surface area contributed by atoms with Crippen molar-refractivity contribution in [3.8, 4) is 0 Å². The molecule has 1 aliphatic heterocycles. The largest absolute Gasteiger partial charge is 0.506 e. The van der Waals surface area contributed by atoms with Gasteiger partial charge in [0.25, 0.3) is 0 Å². The second-order valence-corrected chi connectivity index (χ2v) is 12.3. The first-order chi connectivity index (χ1) is 22.2. The first kappa shape index (κ1) is 40.7. The molecule has 47 heavy (non-hydrogen) atoms. The minimum Gasteiger partial charge on any atom is -0.450 e. The number of likely N-dealkylation sites (tertiary alicyclic amines) is 1. The zero-order valence-corrected chi connectivity index (χ0v) is 28.6. The zero-order chi connectivity index (χ0) is 35.5. The molecule has 0 aromatic heterocycles. The van der Waals surface area contributed by atoms with Gasteiger partial charge in [0.1, 0.15) is 12.6 Å². The van der Waals surface area contributed by atoms with Crippen LogP contribution >= 0.6 is 0 Å². The Hall–Kier alpha value is -4.36. The van der Waals surface area contributed by atoms with E-state index in [0.717, 1.165) is 19.3 Å². The Bertz CT molecular complexity index is 1180. The number of rotatable bonds is 16. The molecule has 0 bridgehead atoms. The molecule has 7 N–H and O–H groups in total. The van der Waals surface area contributed by atoms with Gasteiger partial charge in [0.15, 0.2) is 0 Å². The highest BCUT2D eigenvalue weighted by Crippen LogP contribution is 2.29. The standard InChI is InChI=1S/C29H44N4O7.C4H10N2O/c1-18(2)27(28(37)30-16-25(35)31-23-12-10-22(11-13-23)17-40-29(38)39)32-24(34)9-7-6-8-14-33-21(5)20(4)19(3)15-26(33)36;1-2-3-6-4(5)7/h10-13,18-21,27H,6-9,14-17H2,1-5H3,(H,30,37)(H,31,35)(H,32,34)(H,38,39);2-3H2,1H3,(H3,5,6,7). The van der Waals surface area contributed by atoms with E-state index in [1.807, 2.05) is 25.7 Å². The number of carboxylic acid groups (broad SMARTS) is 1. The molecule has 1 aromatic carbocycles. The van der Waals surface area contributed by atoms with Crippen LogP contribution in [-0.4, -0.2) is 77.5 Å². The minimum atomic E-state index is -1.37. The molecular formula is C33H54N6O8. The molecule has 1 saturated heterocycles. The minimum absolute atomic E-state index is 0.0977. The number of piperidine rings is 1. The maximum Gasteiger partial charge on any atom is 0.506 e. The van der Waals surface area contributed by atoms with Crippen LogP contribution in [0.15, 0.2) is 24.3 Å². The molecule has 1 fully saturated rings. The van der Waals surface area contributed by atoms with Gasteiger partial charge in [-0.2, -0.15) is 0 Å². The molecule has 4 unspecified atom stereocenters. The smallest absolute Gasteiger partial charge is 0.450 e. The van der Waals surface area contributed by atoms with E-state index in [1.54, 1.807) is 24.3 Å². The van der Waals surface area contributed by atoms with E-state index in [-0.39, 0.29) is 43.3 Å². The summed E-state index contributed by atoms with van der Waals surface area (Å²) < 4.78 is 4.49. The van der Waals surface area contributed by atoms with Gasteiger partial charge in [0.2, 0.25) is 23.6 Å². The van der Waals surface area contributed by atoms with Crippen molar-refractivity contribution >= 4 is 41.5 Å². The first-order valence-corrected chi connectivity index (χ1v) is 16.3. The van der Waals surface area contributed by atoms with Gasteiger partial charge >= 0.3 is 12.2 Å². The predicted molar refractivity (Wildman–Crippen MR) is 178 cm³/mol. The molecule has 6 amide bonds. The Kier molecular flexibility index (Phi) is 18.5.